The SMILES string of the molecule is CC(=O)Nc1ccc(C(=O)NCC(C)(C)C2Nc3ccc([N+](=O)[O-])cc3C3C=CCC32)cc1. The maximum absolute atomic E-state index is 12.7. The minimum absolute atomic E-state index is 0.0777. The number of nitro groups is 1. The van der Waals surface area contributed by atoms with Crippen LogP contribution in [0.25, 0.3) is 0 Å². The van der Waals surface area contributed by atoms with Crippen LogP contribution in [0, 0.1) is 21.4 Å². The number of carbonyl (C=O) groups excluding carboxylic acids is 2. The van der Waals surface area contributed by atoms with Crippen LogP contribution in [0.5, 0.6) is 0 Å². The fourth-order valence-electron chi connectivity index (χ4n) is 4.90. The van der Waals surface area contributed by atoms with Gasteiger partial charge in [-0.2, -0.15) is 0 Å². The highest BCUT2D eigenvalue weighted by atomic mass is 16.6. The van der Waals surface area contributed by atoms with Gasteiger partial charge in [-0.3, -0.25) is 19.7 Å². The van der Waals surface area contributed by atoms with Crippen LogP contribution in [0.3, 0.4) is 0 Å². The quantitative estimate of drug-likeness (QED) is 0.343. The molecule has 0 radical (unpaired) electrons. The van der Waals surface area contributed by atoms with Crippen molar-refractivity contribution in [3.8, 4) is 0 Å². The Bertz CT molecular complexity index is 1120. The molecule has 0 fully saturated rings. The number of allylic oxidation sites excluding steroid dienone is 2. The number of rotatable bonds is 6. The second-order valence-electron chi connectivity index (χ2n) is 9.43. The Morgan fingerprint density at radius 2 is 1.91 bits per heavy atom. The minimum atomic E-state index is -0.359. The lowest BCUT2D eigenvalue weighted by molar-refractivity contribution is -0.384. The van der Waals surface area contributed by atoms with E-state index in [0.717, 1.165) is 17.7 Å². The number of nitro benzene ring substituents is 1. The lowest BCUT2D eigenvalue weighted by atomic mass is 9.69. The summed E-state index contributed by atoms with van der Waals surface area (Å²) < 4.78 is 0. The van der Waals surface area contributed by atoms with E-state index in [1.54, 1.807) is 36.4 Å². The number of benzene rings is 2. The van der Waals surface area contributed by atoms with Crippen LogP contribution in [0.1, 0.15) is 49.0 Å². The summed E-state index contributed by atoms with van der Waals surface area (Å²) in [6.07, 6.45) is 5.17. The van der Waals surface area contributed by atoms with Gasteiger partial charge < -0.3 is 16.0 Å². The Kier molecular flexibility index (Phi) is 5.93. The normalized spacial score (nSPS) is 20.9. The molecule has 1 aliphatic carbocycles. The molecule has 33 heavy (non-hydrogen) atoms. The summed E-state index contributed by atoms with van der Waals surface area (Å²) in [6.45, 7) is 6.14. The molecule has 4 rings (SSSR count). The molecule has 2 amide bonds. The molecule has 8 nitrogen and oxygen atoms in total. The number of amides is 2. The monoisotopic (exact) mass is 448 g/mol. The highest BCUT2D eigenvalue weighted by Gasteiger charge is 2.44. The summed E-state index contributed by atoms with van der Waals surface area (Å²) in [5.74, 6) is 0.0287. The summed E-state index contributed by atoms with van der Waals surface area (Å²) in [4.78, 5) is 34.8. The van der Waals surface area contributed by atoms with E-state index in [9.17, 15) is 19.7 Å². The largest absolute Gasteiger partial charge is 0.381 e. The second kappa shape index (κ2) is 8.69. The van der Waals surface area contributed by atoms with Gasteiger partial charge in [-0.05, 0) is 48.2 Å². The highest BCUT2D eigenvalue weighted by Crippen LogP contribution is 2.49. The molecule has 172 valence electrons. The lowest BCUT2D eigenvalue weighted by Crippen LogP contribution is -2.51. The van der Waals surface area contributed by atoms with Gasteiger partial charge in [0.25, 0.3) is 11.6 Å². The molecule has 3 N–H and O–H groups in total. The number of hydrogen-bond acceptors (Lipinski definition) is 5. The van der Waals surface area contributed by atoms with Crippen LogP contribution in [0.2, 0.25) is 0 Å². The van der Waals surface area contributed by atoms with E-state index in [0.29, 0.717) is 17.8 Å². The van der Waals surface area contributed by atoms with Crippen LogP contribution in [-0.2, 0) is 4.79 Å². The summed E-state index contributed by atoms with van der Waals surface area (Å²) in [6, 6.07) is 11.8. The van der Waals surface area contributed by atoms with Crippen molar-refractivity contribution < 1.29 is 14.5 Å². The Labute approximate surface area is 192 Å². The van der Waals surface area contributed by atoms with E-state index in [1.807, 2.05) is 0 Å². The topological polar surface area (TPSA) is 113 Å². The van der Waals surface area contributed by atoms with Gasteiger partial charge in [-0.1, -0.05) is 26.0 Å². The van der Waals surface area contributed by atoms with Gasteiger partial charge in [0, 0.05) is 59.9 Å². The standard InChI is InChI=1S/C25H28N4O4/c1-15(30)27-17-9-7-16(8-10-17)24(31)26-14-25(2,3)23-20-6-4-5-19(20)21-13-18(29(32)33)11-12-22(21)28-23/h4-5,7-13,19-20,23,28H,6,14H2,1-3H3,(H,26,31)(H,27,30). The van der Waals surface area contributed by atoms with Crippen molar-refractivity contribution in [2.75, 3.05) is 17.2 Å². The van der Waals surface area contributed by atoms with Gasteiger partial charge in [-0.25, -0.2) is 0 Å². The van der Waals surface area contributed by atoms with Gasteiger partial charge in [0.1, 0.15) is 0 Å². The van der Waals surface area contributed by atoms with Crippen molar-refractivity contribution in [2.24, 2.45) is 11.3 Å². The summed E-state index contributed by atoms with van der Waals surface area (Å²) in [7, 11) is 0. The Morgan fingerprint density at radius 1 is 1.18 bits per heavy atom. The molecule has 0 spiro atoms. The molecule has 0 saturated heterocycles. The van der Waals surface area contributed by atoms with Crippen LogP contribution < -0.4 is 16.0 Å². The first kappa shape index (κ1) is 22.5. The maximum atomic E-state index is 12.7. The van der Waals surface area contributed by atoms with Crippen molar-refractivity contribution in [1.29, 1.82) is 0 Å². The molecule has 1 aliphatic heterocycles. The van der Waals surface area contributed by atoms with E-state index in [-0.39, 0.29) is 45.7 Å². The van der Waals surface area contributed by atoms with Crippen LogP contribution in [-0.4, -0.2) is 29.3 Å². The smallest absolute Gasteiger partial charge is 0.269 e. The van der Waals surface area contributed by atoms with E-state index >= 15 is 0 Å². The molecule has 2 aromatic carbocycles. The first-order chi connectivity index (χ1) is 15.7. The number of fused-ring (bicyclic) bond motifs is 3. The van der Waals surface area contributed by atoms with Gasteiger partial charge in [0.05, 0.1) is 4.92 Å². The fraction of sp³-hybridized carbons (Fsp3) is 0.360. The molecule has 3 atom stereocenters. The number of hydrogen-bond donors (Lipinski definition) is 3. The highest BCUT2D eigenvalue weighted by molar-refractivity contribution is 5.95. The van der Waals surface area contributed by atoms with Crippen LogP contribution in [0.4, 0.5) is 17.1 Å². The van der Waals surface area contributed by atoms with Gasteiger partial charge in [0.15, 0.2) is 0 Å². The lowest BCUT2D eigenvalue weighted by Gasteiger charge is -2.45. The maximum Gasteiger partial charge on any atom is 0.269 e. The average molecular weight is 449 g/mol. The van der Waals surface area contributed by atoms with Crippen LogP contribution in [0.15, 0.2) is 54.6 Å². The van der Waals surface area contributed by atoms with Crippen molar-refractivity contribution in [3.63, 3.8) is 0 Å². The summed E-state index contributed by atoms with van der Waals surface area (Å²) in [5.41, 5.74) is 2.85. The Morgan fingerprint density at radius 3 is 2.58 bits per heavy atom. The third-order valence-corrected chi connectivity index (χ3v) is 6.57. The first-order valence-corrected chi connectivity index (χ1v) is 11.0. The van der Waals surface area contributed by atoms with Crippen LogP contribution >= 0.6 is 0 Å². The third-order valence-electron chi connectivity index (χ3n) is 6.57. The fourth-order valence-corrected chi connectivity index (χ4v) is 4.90. The molecular formula is C25H28N4O4. The first-order valence-electron chi connectivity index (χ1n) is 11.0. The Hall–Kier alpha value is -3.68. The zero-order chi connectivity index (χ0) is 23.8. The molecule has 8 heteroatoms. The van der Waals surface area contributed by atoms with E-state index in [4.69, 9.17) is 0 Å². The Balaban J connectivity index is 1.47. The number of anilines is 2. The van der Waals surface area contributed by atoms with Gasteiger partial charge in [-0.15, -0.1) is 0 Å². The molecular weight excluding hydrogens is 420 g/mol. The molecule has 1 heterocycles. The molecule has 0 bridgehead atoms. The van der Waals surface area contributed by atoms with E-state index in [1.165, 1.54) is 13.0 Å². The number of non-ortho nitro benzene ring substituents is 1. The molecule has 0 aromatic heterocycles. The summed E-state index contributed by atoms with van der Waals surface area (Å²) in [5, 5.41) is 20.6. The predicted octanol–water partition coefficient (Wildman–Crippen LogP) is 4.46. The van der Waals surface area contributed by atoms with Crippen molar-refractivity contribution >= 4 is 28.9 Å². The van der Waals surface area contributed by atoms with Crippen molar-refractivity contribution in [1.82, 2.24) is 5.32 Å². The number of carbonyl (C=O) groups is 2. The molecule has 3 unspecified atom stereocenters. The van der Waals surface area contributed by atoms with E-state index in [2.05, 4.69) is 41.9 Å². The molecule has 2 aliphatic rings. The van der Waals surface area contributed by atoms with Gasteiger partial charge in [0.2, 0.25) is 5.91 Å². The van der Waals surface area contributed by atoms with E-state index < -0.39 is 0 Å². The number of nitrogens with zero attached hydrogens (tertiary/aromatic N) is 1. The zero-order valence-corrected chi connectivity index (χ0v) is 18.9. The molecule has 0 saturated carbocycles. The zero-order valence-electron chi connectivity index (χ0n) is 18.9. The van der Waals surface area contributed by atoms with Crippen molar-refractivity contribution in [3.05, 3.63) is 75.9 Å². The third kappa shape index (κ3) is 4.60. The number of nitrogens with one attached hydrogen (secondary N) is 3. The predicted molar refractivity (Wildman–Crippen MR) is 127 cm³/mol. The average Bonchev–Trinajstić information content (AvgIpc) is 3.27. The minimum Gasteiger partial charge on any atom is -0.381 e. The van der Waals surface area contributed by atoms with Crippen molar-refractivity contribution in [2.45, 2.75) is 39.2 Å². The molecule has 2 aromatic rings. The van der Waals surface area contributed by atoms with Gasteiger partial charge >= 0.3 is 0 Å². The second-order valence-corrected chi connectivity index (χ2v) is 9.43. The summed E-state index contributed by atoms with van der Waals surface area (Å²) >= 11 is 0.